The Labute approximate surface area is 309 Å². The minimum absolute atomic E-state index is 0. The average molecular weight is 835 g/mol. The molecule has 49 heavy (non-hydrogen) atoms. The van der Waals surface area contributed by atoms with Crippen LogP contribution in [0.5, 0.6) is 0 Å². The van der Waals surface area contributed by atoms with Crippen molar-refractivity contribution in [2.75, 3.05) is 0 Å². The average Bonchev–Trinajstić information content (AvgIpc) is 3.08. The number of carbonyl (C=O) groups is 1. The van der Waals surface area contributed by atoms with E-state index in [1.807, 2.05) is 33.9 Å². The Morgan fingerprint density at radius 1 is 0.694 bits per heavy atom. The molecule has 4 heteroatoms. The summed E-state index contributed by atoms with van der Waals surface area (Å²) in [6.07, 6.45) is 6.87. The number of rotatable bonds is 11. The third-order valence-electron chi connectivity index (χ3n) is 9.98. The normalized spacial score (nSPS) is 12.0. The molecule has 0 aliphatic heterocycles. The molecule has 0 fully saturated rings. The predicted molar refractivity (Wildman–Crippen MR) is 207 cm³/mol. The third-order valence-corrected chi connectivity index (χ3v) is 9.98. The zero-order valence-corrected chi connectivity index (χ0v) is 33.7. The van der Waals surface area contributed by atoms with E-state index in [0.29, 0.717) is 17.8 Å². The van der Waals surface area contributed by atoms with Crippen molar-refractivity contribution in [2.24, 2.45) is 11.8 Å². The largest absolute Gasteiger partial charge is 0.512 e. The molecule has 0 saturated heterocycles. The van der Waals surface area contributed by atoms with Gasteiger partial charge in [-0.1, -0.05) is 106 Å². The molecule has 0 amide bonds. The molecule has 263 valence electrons. The van der Waals surface area contributed by atoms with Gasteiger partial charge in [-0.05, 0) is 99.1 Å². The van der Waals surface area contributed by atoms with Crippen LogP contribution in [0.2, 0.25) is 0 Å². The summed E-state index contributed by atoms with van der Waals surface area (Å²) in [5.41, 5.74) is 6.13. The van der Waals surface area contributed by atoms with Crippen LogP contribution in [0.4, 0.5) is 0 Å². The van der Waals surface area contributed by atoms with Gasteiger partial charge in [0.25, 0.3) is 0 Å². The van der Waals surface area contributed by atoms with Crippen LogP contribution < -0.4 is 0 Å². The number of aromatic nitrogens is 1. The Morgan fingerprint density at radius 3 is 1.84 bits per heavy atom. The molecular formula is C45H56IrNO2-. The number of benzene rings is 4. The first-order chi connectivity index (χ1) is 22.9. The molecule has 0 aliphatic carbocycles. The van der Waals surface area contributed by atoms with Crippen LogP contribution in [0.25, 0.3) is 43.6 Å². The van der Waals surface area contributed by atoms with Gasteiger partial charge in [0, 0.05) is 44.2 Å². The van der Waals surface area contributed by atoms with Crippen LogP contribution in [-0.2, 0) is 24.9 Å². The summed E-state index contributed by atoms with van der Waals surface area (Å²) >= 11 is 0. The van der Waals surface area contributed by atoms with E-state index in [4.69, 9.17) is 4.98 Å². The molecule has 5 aromatic rings. The summed E-state index contributed by atoms with van der Waals surface area (Å²) in [4.78, 5) is 16.6. The molecule has 1 N–H and O–H groups in total. The molecule has 0 saturated carbocycles. The zero-order chi connectivity index (χ0) is 35.1. The molecule has 3 nitrogen and oxygen atoms in total. The Kier molecular flexibility index (Phi) is 14.8. The van der Waals surface area contributed by atoms with Crippen LogP contribution in [-0.4, -0.2) is 15.9 Å². The number of ketones is 1. The molecule has 0 bridgehead atoms. The second kappa shape index (κ2) is 18.1. The van der Waals surface area contributed by atoms with Gasteiger partial charge in [0.05, 0.1) is 5.76 Å². The second-order valence-electron chi connectivity index (χ2n) is 14.2. The molecule has 0 unspecified atom stereocenters. The number of pyridine rings is 1. The molecule has 5 rings (SSSR count). The van der Waals surface area contributed by atoms with Crippen LogP contribution in [0.3, 0.4) is 0 Å². The zero-order valence-electron chi connectivity index (χ0n) is 31.3. The fraction of sp³-hybridized carbons (Fsp3) is 0.422. The van der Waals surface area contributed by atoms with Gasteiger partial charge in [-0.25, -0.2) is 0 Å². The number of aliphatic hydroxyl groups excluding tert-OH is 1. The van der Waals surface area contributed by atoms with E-state index in [-0.39, 0.29) is 43.5 Å². The Bertz CT molecular complexity index is 1870. The van der Waals surface area contributed by atoms with E-state index >= 15 is 0 Å². The Balaban J connectivity index is 0.000000347. The molecule has 1 aromatic heterocycles. The van der Waals surface area contributed by atoms with Crippen molar-refractivity contribution in [3.8, 4) is 11.3 Å². The number of nitrogens with zero attached hydrogens (tertiary/aromatic N) is 1. The summed E-state index contributed by atoms with van der Waals surface area (Å²) in [5, 5.41) is 17.5. The van der Waals surface area contributed by atoms with Gasteiger partial charge in [0.15, 0.2) is 5.78 Å². The summed E-state index contributed by atoms with van der Waals surface area (Å²) in [6, 6.07) is 26.2. The molecular weight excluding hydrogens is 779 g/mol. The van der Waals surface area contributed by atoms with Gasteiger partial charge in [-0.3, -0.25) is 4.79 Å². The number of carbonyl (C=O) groups excluding carboxylic acids is 1. The second-order valence-corrected chi connectivity index (χ2v) is 14.2. The van der Waals surface area contributed by atoms with E-state index < -0.39 is 0 Å². The molecule has 4 aromatic carbocycles. The molecule has 1 radical (unpaired) electrons. The van der Waals surface area contributed by atoms with Crippen LogP contribution in [0.1, 0.15) is 129 Å². The number of hydrogen-bond acceptors (Lipinski definition) is 3. The molecule has 0 atom stereocenters. The minimum atomic E-state index is 0. The first-order valence-corrected chi connectivity index (χ1v) is 18.2. The minimum Gasteiger partial charge on any atom is -0.512 e. The van der Waals surface area contributed by atoms with E-state index in [9.17, 15) is 9.90 Å². The summed E-state index contributed by atoms with van der Waals surface area (Å²) in [5.74, 6) is 1.90. The van der Waals surface area contributed by atoms with Crippen molar-refractivity contribution in [3.05, 3.63) is 101 Å². The van der Waals surface area contributed by atoms with Gasteiger partial charge < -0.3 is 10.1 Å². The monoisotopic (exact) mass is 835 g/mol. The maximum Gasteiger partial charge on any atom is 0.162 e. The smallest absolute Gasteiger partial charge is 0.162 e. The first-order valence-electron chi connectivity index (χ1n) is 18.2. The van der Waals surface area contributed by atoms with Crippen LogP contribution >= 0.6 is 0 Å². The van der Waals surface area contributed by atoms with E-state index in [2.05, 4.69) is 108 Å². The first kappa shape index (κ1) is 40.1. The van der Waals surface area contributed by atoms with Gasteiger partial charge in [0.1, 0.15) is 0 Å². The van der Waals surface area contributed by atoms with E-state index in [1.54, 1.807) is 0 Å². The number of fused-ring (bicyclic) bond motifs is 5. The fourth-order valence-electron chi connectivity index (χ4n) is 6.73. The quantitative estimate of drug-likeness (QED) is 0.0624. The van der Waals surface area contributed by atoms with Gasteiger partial charge in [-0.15, -0.1) is 34.9 Å². The Morgan fingerprint density at radius 2 is 1.27 bits per heavy atom. The van der Waals surface area contributed by atoms with Crippen molar-refractivity contribution in [2.45, 2.75) is 113 Å². The summed E-state index contributed by atoms with van der Waals surface area (Å²) < 4.78 is 0. The van der Waals surface area contributed by atoms with Crippen molar-refractivity contribution >= 4 is 38.1 Å². The molecule has 0 spiro atoms. The SMILES string of the molecule is CC(C)c1[c-]c(-c2nccc3c2ccc2c4ccccc4c(C(C)C)cc32)cc(C(C)C)c1.CCC(CC)C(=O)/C=C(\O)C(CC)CC.[Ir]. The van der Waals surface area contributed by atoms with Gasteiger partial charge in [-0.2, -0.15) is 0 Å². The maximum absolute atomic E-state index is 11.7. The van der Waals surface area contributed by atoms with Crippen LogP contribution in [0.15, 0.2) is 78.7 Å². The van der Waals surface area contributed by atoms with Crippen LogP contribution in [0, 0.1) is 17.9 Å². The van der Waals surface area contributed by atoms with Gasteiger partial charge in [0.2, 0.25) is 0 Å². The van der Waals surface area contributed by atoms with Gasteiger partial charge >= 0.3 is 0 Å². The van der Waals surface area contributed by atoms with E-state index in [1.165, 1.54) is 55.1 Å². The topological polar surface area (TPSA) is 50.2 Å². The van der Waals surface area contributed by atoms with Crippen molar-refractivity contribution in [1.82, 2.24) is 4.98 Å². The number of allylic oxidation sites excluding steroid dienone is 2. The predicted octanol–water partition coefficient (Wildman–Crippen LogP) is 13.2. The maximum atomic E-state index is 11.7. The van der Waals surface area contributed by atoms with Crippen molar-refractivity contribution < 1.29 is 30.0 Å². The standard InChI is InChI=1S/C32H32N.C13H24O2.Ir/c1-19(2)22-15-23(20(3)4)17-24(16-22)32-29-12-11-27-25-9-7-8-10-26(25)30(21(5)6)18-31(27)28(29)13-14-33-32;1-5-10(6-2)12(14)9-13(15)11(7-3)8-4;/h7-16,18-21H,1-6H3;9-11,14H,5-8H2,1-4H3;/q-1;;/b;12-9-;. The van der Waals surface area contributed by atoms with Crippen molar-refractivity contribution in [3.63, 3.8) is 0 Å². The molecule has 1 heterocycles. The molecule has 0 aliphatic rings. The fourth-order valence-corrected chi connectivity index (χ4v) is 6.73. The Hall–Kier alpha value is -3.33. The number of aliphatic hydroxyl groups is 1. The third kappa shape index (κ3) is 9.07. The van der Waals surface area contributed by atoms with E-state index in [0.717, 1.165) is 36.9 Å². The summed E-state index contributed by atoms with van der Waals surface area (Å²) in [7, 11) is 0. The summed E-state index contributed by atoms with van der Waals surface area (Å²) in [6.45, 7) is 21.6. The van der Waals surface area contributed by atoms with Crippen molar-refractivity contribution in [1.29, 1.82) is 0 Å². The number of hydrogen-bond donors (Lipinski definition) is 1.